The van der Waals surface area contributed by atoms with E-state index in [0.717, 1.165) is 5.75 Å². The molecule has 0 heterocycles. The van der Waals surface area contributed by atoms with Crippen LogP contribution in [0.2, 0.25) is 0 Å². The molecule has 0 N–H and O–H groups in total. The van der Waals surface area contributed by atoms with Crippen molar-refractivity contribution in [3.8, 4) is 6.07 Å². The van der Waals surface area contributed by atoms with Crippen molar-refractivity contribution in [2.24, 2.45) is 0 Å². The Kier molecular flexibility index (Phi) is 4.38. The number of benzene rings is 2. The minimum Gasteiger partial charge on any atom is -0.207 e. The number of hydrogen-bond acceptors (Lipinski definition) is 2. The average Bonchev–Trinajstić information content (AvgIpc) is 2.42. The zero-order chi connectivity index (χ0) is 12.8. The second-order valence-electron chi connectivity index (χ2n) is 3.90. The van der Waals surface area contributed by atoms with Crippen LogP contribution in [0.5, 0.6) is 0 Å². The van der Waals surface area contributed by atoms with Crippen molar-refractivity contribution in [1.82, 2.24) is 0 Å². The maximum Gasteiger partial charge on any atom is 0.127 e. The summed E-state index contributed by atoms with van der Waals surface area (Å²) in [6, 6.07) is 16.6. The van der Waals surface area contributed by atoms with E-state index in [9.17, 15) is 4.39 Å². The molecule has 0 unspecified atom stereocenters. The number of thioether (sulfide) groups is 1. The second-order valence-corrected chi connectivity index (χ2v) is 4.88. The van der Waals surface area contributed by atoms with Gasteiger partial charge in [0.1, 0.15) is 5.82 Å². The Morgan fingerprint density at radius 3 is 2.56 bits per heavy atom. The fourth-order valence-corrected chi connectivity index (χ4v) is 2.58. The molecule has 0 aromatic heterocycles. The molecule has 2 rings (SSSR count). The van der Waals surface area contributed by atoms with Gasteiger partial charge in [0, 0.05) is 11.5 Å². The lowest BCUT2D eigenvalue weighted by atomic mass is 10.1. The monoisotopic (exact) mass is 257 g/mol. The summed E-state index contributed by atoms with van der Waals surface area (Å²) in [7, 11) is 0. The lowest BCUT2D eigenvalue weighted by Gasteiger charge is -2.04. The van der Waals surface area contributed by atoms with Gasteiger partial charge in [-0.3, -0.25) is 0 Å². The molecule has 0 saturated carbocycles. The highest BCUT2D eigenvalue weighted by molar-refractivity contribution is 7.97. The third-order valence-corrected chi connectivity index (χ3v) is 3.60. The SMILES string of the molecule is N#Cc1ccc(F)c(CSCc2ccccc2)c1. The largest absolute Gasteiger partial charge is 0.207 e. The molecule has 2 aromatic rings. The first-order valence-electron chi connectivity index (χ1n) is 5.60. The molecular weight excluding hydrogens is 245 g/mol. The quantitative estimate of drug-likeness (QED) is 0.822. The van der Waals surface area contributed by atoms with Crippen molar-refractivity contribution in [3.63, 3.8) is 0 Å². The summed E-state index contributed by atoms with van der Waals surface area (Å²) < 4.78 is 13.5. The fourth-order valence-electron chi connectivity index (χ4n) is 1.61. The van der Waals surface area contributed by atoms with Crippen LogP contribution in [0.25, 0.3) is 0 Å². The number of nitriles is 1. The molecule has 0 radical (unpaired) electrons. The Balaban J connectivity index is 1.96. The Morgan fingerprint density at radius 1 is 1.06 bits per heavy atom. The maximum absolute atomic E-state index is 13.5. The van der Waals surface area contributed by atoms with Gasteiger partial charge in [-0.25, -0.2) is 4.39 Å². The first kappa shape index (κ1) is 12.7. The van der Waals surface area contributed by atoms with Crippen molar-refractivity contribution in [3.05, 3.63) is 71.0 Å². The van der Waals surface area contributed by atoms with Crippen molar-refractivity contribution < 1.29 is 4.39 Å². The van der Waals surface area contributed by atoms with Crippen LogP contribution in [0.15, 0.2) is 48.5 Å². The predicted octanol–water partition coefficient (Wildman–Crippen LogP) is 4.13. The lowest BCUT2D eigenvalue weighted by Crippen LogP contribution is -1.90. The van der Waals surface area contributed by atoms with Crippen molar-refractivity contribution >= 4 is 11.8 Å². The van der Waals surface area contributed by atoms with Crippen molar-refractivity contribution in [2.45, 2.75) is 11.5 Å². The molecule has 0 bridgehead atoms. The highest BCUT2D eigenvalue weighted by atomic mass is 32.2. The summed E-state index contributed by atoms with van der Waals surface area (Å²) >= 11 is 1.64. The normalized spacial score (nSPS) is 10.0. The van der Waals surface area contributed by atoms with Gasteiger partial charge in [-0.1, -0.05) is 30.3 Å². The highest BCUT2D eigenvalue weighted by Crippen LogP contribution is 2.20. The van der Waals surface area contributed by atoms with Crippen LogP contribution in [0.4, 0.5) is 4.39 Å². The van der Waals surface area contributed by atoms with Crippen LogP contribution in [-0.4, -0.2) is 0 Å². The summed E-state index contributed by atoms with van der Waals surface area (Å²) in [5.74, 6) is 1.18. The fraction of sp³-hybridized carbons (Fsp3) is 0.133. The topological polar surface area (TPSA) is 23.8 Å². The zero-order valence-corrected chi connectivity index (χ0v) is 10.6. The minimum atomic E-state index is -0.241. The molecule has 0 fully saturated rings. The minimum absolute atomic E-state index is 0.241. The van der Waals surface area contributed by atoms with E-state index < -0.39 is 0 Å². The number of nitrogens with zero attached hydrogens (tertiary/aromatic N) is 1. The van der Waals surface area contributed by atoms with Crippen LogP contribution in [0, 0.1) is 17.1 Å². The molecular formula is C15H12FNS. The molecule has 0 spiro atoms. The molecule has 0 amide bonds. The molecule has 2 aromatic carbocycles. The standard InChI is InChI=1S/C15H12FNS/c16-15-7-6-13(9-17)8-14(15)11-18-10-12-4-2-1-3-5-12/h1-8H,10-11H2. The molecule has 0 aliphatic carbocycles. The van der Waals surface area contributed by atoms with Crippen LogP contribution < -0.4 is 0 Å². The van der Waals surface area contributed by atoms with Gasteiger partial charge in [-0.15, -0.1) is 0 Å². The van der Waals surface area contributed by atoms with Crippen LogP contribution in [0.3, 0.4) is 0 Å². The van der Waals surface area contributed by atoms with Gasteiger partial charge < -0.3 is 0 Å². The molecule has 0 saturated heterocycles. The first-order valence-corrected chi connectivity index (χ1v) is 6.75. The molecule has 90 valence electrons. The molecule has 0 aliphatic heterocycles. The number of rotatable bonds is 4. The Bertz CT molecular complexity index is 560. The smallest absolute Gasteiger partial charge is 0.127 e. The van der Waals surface area contributed by atoms with Gasteiger partial charge in [0.05, 0.1) is 11.6 Å². The van der Waals surface area contributed by atoms with Gasteiger partial charge >= 0.3 is 0 Å². The third kappa shape index (κ3) is 3.35. The Hall–Kier alpha value is -1.79. The van der Waals surface area contributed by atoms with Gasteiger partial charge in [0.2, 0.25) is 0 Å². The van der Waals surface area contributed by atoms with E-state index in [1.54, 1.807) is 17.8 Å². The summed E-state index contributed by atoms with van der Waals surface area (Å²) in [5, 5.41) is 8.78. The van der Waals surface area contributed by atoms with Gasteiger partial charge in [-0.05, 0) is 29.3 Å². The molecule has 0 atom stereocenters. The van der Waals surface area contributed by atoms with E-state index in [2.05, 4.69) is 12.1 Å². The number of halogens is 1. The second kappa shape index (κ2) is 6.23. The van der Waals surface area contributed by atoms with E-state index in [0.29, 0.717) is 16.9 Å². The van der Waals surface area contributed by atoms with E-state index in [4.69, 9.17) is 5.26 Å². The molecule has 18 heavy (non-hydrogen) atoms. The molecule has 3 heteroatoms. The van der Waals surface area contributed by atoms with Gasteiger partial charge in [0.25, 0.3) is 0 Å². The summed E-state index contributed by atoms with van der Waals surface area (Å²) in [6.45, 7) is 0. The first-order chi connectivity index (χ1) is 8.79. The van der Waals surface area contributed by atoms with Gasteiger partial charge in [0.15, 0.2) is 0 Å². The van der Waals surface area contributed by atoms with Crippen molar-refractivity contribution in [2.75, 3.05) is 0 Å². The van der Waals surface area contributed by atoms with E-state index in [-0.39, 0.29) is 5.82 Å². The average molecular weight is 257 g/mol. The van der Waals surface area contributed by atoms with E-state index in [1.165, 1.54) is 17.7 Å². The lowest BCUT2D eigenvalue weighted by molar-refractivity contribution is 0.617. The van der Waals surface area contributed by atoms with Crippen molar-refractivity contribution in [1.29, 1.82) is 5.26 Å². The predicted molar refractivity (Wildman–Crippen MR) is 72.6 cm³/mol. The summed E-state index contributed by atoms with van der Waals surface area (Å²) in [6.07, 6.45) is 0. The van der Waals surface area contributed by atoms with Gasteiger partial charge in [-0.2, -0.15) is 17.0 Å². The Morgan fingerprint density at radius 2 is 1.83 bits per heavy atom. The summed E-state index contributed by atoms with van der Waals surface area (Å²) in [4.78, 5) is 0. The van der Waals surface area contributed by atoms with Crippen LogP contribution in [0.1, 0.15) is 16.7 Å². The molecule has 0 aliphatic rings. The summed E-state index contributed by atoms with van der Waals surface area (Å²) in [5.41, 5.74) is 2.32. The Labute approximate surface area is 110 Å². The zero-order valence-electron chi connectivity index (χ0n) is 9.77. The van der Waals surface area contributed by atoms with Crippen LogP contribution in [-0.2, 0) is 11.5 Å². The molecule has 1 nitrogen and oxygen atoms in total. The van der Waals surface area contributed by atoms with Crippen LogP contribution >= 0.6 is 11.8 Å². The van der Waals surface area contributed by atoms with E-state index in [1.807, 2.05) is 24.3 Å². The highest BCUT2D eigenvalue weighted by Gasteiger charge is 2.04. The third-order valence-electron chi connectivity index (χ3n) is 2.54. The maximum atomic E-state index is 13.5. The number of hydrogen-bond donors (Lipinski definition) is 0. The van der Waals surface area contributed by atoms with E-state index >= 15 is 0 Å².